The fourth-order valence-corrected chi connectivity index (χ4v) is 1.62. The molecule has 0 rings (SSSR count). The maximum atomic E-state index is 11.6. The van der Waals surface area contributed by atoms with Gasteiger partial charge in [0.1, 0.15) is 29.5 Å². The van der Waals surface area contributed by atoms with Gasteiger partial charge >= 0.3 is 7.82 Å². The number of hydrogen-bond acceptors (Lipinski definition) is 4. The zero-order valence-corrected chi connectivity index (χ0v) is 9.02. The quantitative estimate of drug-likeness (QED) is 0.536. The molecule has 0 aromatic heterocycles. The first-order valence-corrected chi connectivity index (χ1v) is 5.26. The summed E-state index contributed by atoms with van der Waals surface area (Å²) < 4.78 is 69.2. The van der Waals surface area contributed by atoms with E-state index >= 15 is 0 Å². The highest BCUT2D eigenvalue weighted by atomic mass is 79.9. The van der Waals surface area contributed by atoms with E-state index in [2.05, 4.69) is 28.9 Å². The monoisotopic (exact) mass is 304 g/mol. The molecule has 14 heavy (non-hydrogen) atoms. The average molecular weight is 305 g/mol. The van der Waals surface area contributed by atoms with Crippen LogP contribution in [-0.4, -0.2) is 26.1 Å². The second-order valence-electron chi connectivity index (χ2n) is 1.89. The van der Waals surface area contributed by atoms with E-state index in [0.29, 0.717) is 0 Å². The minimum atomic E-state index is -4.35. The maximum Gasteiger partial charge on any atom is 0.486 e. The van der Waals surface area contributed by atoms with Crippen molar-refractivity contribution in [3.8, 4) is 0 Å². The summed E-state index contributed by atoms with van der Waals surface area (Å²) in [6.07, 6.45) is -5.80. The zero-order chi connectivity index (χ0) is 11.2. The van der Waals surface area contributed by atoms with Gasteiger partial charge in [-0.3, -0.25) is 9.05 Å². The normalized spacial score (nSPS) is 12.8. The molecule has 0 aromatic carbocycles. The van der Waals surface area contributed by atoms with Crippen LogP contribution < -0.4 is 0 Å². The van der Waals surface area contributed by atoms with Crippen molar-refractivity contribution < 1.29 is 34.8 Å². The fraction of sp³-hybridized carbons (Fsp3) is 1.00. The first-order valence-electron chi connectivity index (χ1n) is 3.15. The van der Waals surface area contributed by atoms with Crippen molar-refractivity contribution >= 4 is 24.1 Å². The van der Waals surface area contributed by atoms with Crippen LogP contribution in [0.2, 0.25) is 0 Å². The molecule has 0 N–H and O–H groups in total. The van der Waals surface area contributed by atoms with Gasteiger partial charge in [0.15, 0.2) is 0 Å². The third-order valence-corrected chi connectivity index (χ3v) is 2.97. The van der Waals surface area contributed by atoms with Gasteiger partial charge in [0, 0.05) is 0 Å². The summed E-state index contributed by atoms with van der Waals surface area (Å²) in [4.78, 5) is 0. The van der Waals surface area contributed by atoms with E-state index in [1.54, 1.807) is 0 Å². The van der Waals surface area contributed by atoms with E-state index < -0.39 is 33.9 Å². The van der Waals surface area contributed by atoms with Gasteiger partial charge in [0.2, 0.25) is 0 Å². The van der Waals surface area contributed by atoms with Gasteiger partial charge in [-0.05, 0) is 0 Å². The van der Waals surface area contributed by atoms with Gasteiger partial charge in [-0.2, -0.15) is 0 Å². The van der Waals surface area contributed by atoms with E-state index in [9.17, 15) is 22.1 Å². The van der Waals surface area contributed by atoms with Crippen molar-refractivity contribution in [3.63, 3.8) is 0 Å². The summed E-state index contributed by atoms with van der Waals surface area (Å²) in [5.74, 6) is 0. The molecule has 0 aromatic rings. The summed E-state index contributed by atoms with van der Waals surface area (Å²) in [6, 6.07) is 0. The van der Waals surface area contributed by atoms with Gasteiger partial charge < -0.3 is 0 Å². The molecule has 0 aliphatic heterocycles. The predicted octanol–water partition coefficient (Wildman–Crippen LogP) is 2.98. The summed E-state index contributed by atoms with van der Waals surface area (Å²) >= 11 is 2.17. The SMILES string of the molecule is O=P(OBr)(OCC(F)F)OCC(F)F. The van der Waals surface area contributed by atoms with E-state index in [1.807, 2.05) is 0 Å². The number of halogens is 5. The third kappa shape index (κ3) is 6.72. The van der Waals surface area contributed by atoms with Crippen LogP contribution in [0, 0.1) is 0 Å². The maximum absolute atomic E-state index is 11.6. The Labute approximate surface area is 85.6 Å². The molecular weight excluding hydrogens is 299 g/mol. The van der Waals surface area contributed by atoms with Crippen molar-refractivity contribution in [2.24, 2.45) is 0 Å². The average Bonchev–Trinajstić information content (AvgIpc) is 2.11. The molecule has 0 heterocycles. The Morgan fingerprint density at radius 3 is 1.64 bits per heavy atom. The molecule has 4 nitrogen and oxygen atoms in total. The molecule has 0 spiro atoms. The number of hydrogen-bond donors (Lipinski definition) is 0. The largest absolute Gasteiger partial charge is 0.486 e. The molecule has 86 valence electrons. The molecule has 10 heteroatoms. The minimum Gasteiger partial charge on any atom is -0.280 e. The van der Waals surface area contributed by atoms with Crippen LogP contribution in [0.5, 0.6) is 0 Å². The van der Waals surface area contributed by atoms with Gasteiger partial charge in [0.25, 0.3) is 12.9 Å². The molecule has 0 bridgehead atoms. The molecule has 0 aliphatic carbocycles. The Bertz CT molecular complexity index is 188. The minimum absolute atomic E-state index is 1.23. The van der Waals surface area contributed by atoms with Crippen molar-refractivity contribution in [1.82, 2.24) is 0 Å². The van der Waals surface area contributed by atoms with Crippen LogP contribution in [0.4, 0.5) is 17.6 Å². The molecule has 0 amide bonds. The van der Waals surface area contributed by atoms with Crippen molar-refractivity contribution in [1.29, 1.82) is 0 Å². The highest BCUT2D eigenvalue weighted by Crippen LogP contribution is 2.51. The molecule has 0 radical (unpaired) electrons. The first-order chi connectivity index (χ1) is 6.39. The number of alkyl halides is 4. The second kappa shape index (κ2) is 6.73. The zero-order valence-electron chi connectivity index (χ0n) is 6.54. The molecule has 0 saturated heterocycles. The van der Waals surface area contributed by atoms with Gasteiger partial charge in [-0.15, -0.1) is 0 Å². The molecule has 0 unspecified atom stereocenters. The van der Waals surface area contributed by atoms with Crippen LogP contribution in [0.25, 0.3) is 0 Å². The molecule has 0 aliphatic rings. The lowest BCUT2D eigenvalue weighted by molar-refractivity contribution is 0.0341. The fourth-order valence-electron chi connectivity index (χ4n) is 0.372. The second-order valence-corrected chi connectivity index (χ2v) is 4.31. The van der Waals surface area contributed by atoms with E-state index in [-0.39, 0.29) is 0 Å². The van der Waals surface area contributed by atoms with Crippen LogP contribution >= 0.6 is 24.1 Å². The lowest BCUT2D eigenvalue weighted by Crippen LogP contribution is -2.08. The van der Waals surface area contributed by atoms with Gasteiger partial charge in [-0.25, -0.2) is 25.7 Å². The lowest BCUT2D eigenvalue weighted by Gasteiger charge is -2.13. The van der Waals surface area contributed by atoms with Crippen molar-refractivity contribution in [2.75, 3.05) is 13.2 Å². The summed E-state index contributed by atoms with van der Waals surface area (Å²) in [5.41, 5.74) is 0. The Morgan fingerprint density at radius 2 is 1.43 bits per heavy atom. The third-order valence-electron chi connectivity index (χ3n) is 0.802. The highest BCUT2D eigenvalue weighted by molar-refractivity contribution is 9.06. The van der Waals surface area contributed by atoms with Crippen LogP contribution in [0.1, 0.15) is 0 Å². The summed E-state index contributed by atoms with van der Waals surface area (Å²) in [7, 11) is -4.35. The van der Waals surface area contributed by atoms with Crippen LogP contribution in [0.15, 0.2) is 0 Å². The Balaban J connectivity index is 3.98. The predicted molar refractivity (Wildman–Crippen MR) is 41.5 cm³/mol. The Kier molecular flexibility index (Phi) is 6.88. The number of phosphoric ester groups is 1. The molecule has 0 fully saturated rings. The first kappa shape index (κ1) is 14.3. The summed E-state index contributed by atoms with van der Waals surface area (Å²) in [6.45, 7) is -2.46. The smallest absolute Gasteiger partial charge is 0.280 e. The van der Waals surface area contributed by atoms with Gasteiger partial charge in [-0.1, -0.05) is 0 Å². The molecule has 0 saturated carbocycles. The van der Waals surface area contributed by atoms with Crippen LogP contribution in [0.3, 0.4) is 0 Å². The van der Waals surface area contributed by atoms with E-state index in [4.69, 9.17) is 0 Å². The Hall–Kier alpha value is 0.310. The van der Waals surface area contributed by atoms with Crippen LogP contribution in [-0.2, 0) is 17.2 Å². The van der Waals surface area contributed by atoms with Crippen molar-refractivity contribution in [2.45, 2.75) is 12.9 Å². The van der Waals surface area contributed by atoms with E-state index in [0.717, 1.165) is 0 Å². The van der Waals surface area contributed by atoms with Gasteiger partial charge in [0.05, 0.1) is 0 Å². The topological polar surface area (TPSA) is 44.8 Å². The molecule has 0 atom stereocenters. The number of phosphoric acid groups is 1. The van der Waals surface area contributed by atoms with E-state index in [1.165, 1.54) is 0 Å². The van der Waals surface area contributed by atoms with Crippen molar-refractivity contribution in [3.05, 3.63) is 0 Å². The number of rotatable bonds is 7. The lowest BCUT2D eigenvalue weighted by atomic mass is 10.8. The summed E-state index contributed by atoms with van der Waals surface area (Å²) in [5, 5.41) is 0. The Morgan fingerprint density at radius 1 is 1.07 bits per heavy atom. The standard InChI is InChI=1S/C4H6BrF4O4P/c5-13-14(10,11-1-3(6)7)12-2-4(8)9/h3-4H,1-2H2. The highest BCUT2D eigenvalue weighted by Gasteiger charge is 2.29. The molecular formula is C4H6BrF4O4P.